The Morgan fingerprint density at radius 2 is 2.08 bits per heavy atom. The number of carbonyl (C=O) groups excluding carboxylic acids is 2. The molecule has 134 valence electrons. The van der Waals surface area contributed by atoms with Crippen LogP contribution in [0.5, 0.6) is 0 Å². The van der Waals surface area contributed by atoms with Crippen molar-refractivity contribution in [2.24, 2.45) is 7.05 Å². The van der Waals surface area contributed by atoms with Crippen molar-refractivity contribution in [3.8, 4) is 0 Å². The molecule has 1 aromatic carbocycles. The van der Waals surface area contributed by atoms with Crippen molar-refractivity contribution in [3.63, 3.8) is 0 Å². The van der Waals surface area contributed by atoms with E-state index in [9.17, 15) is 14.0 Å². The maximum atomic E-state index is 13.7. The first-order valence-corrected chi connectivity index (χ1v) is 8.02. The molecular weight excluding hydrogens is 349 g/mol. The van der Waals surface area contributed by atoms with Crippen molar-refractivity contribution >= 4 is 29.2 Å². The van der Waals surface area contributed by atoms with E-state index in [0.717, 1.165) is 5.69 Å². The van der Waals surface area contributed by atoms with Crippen molar-refractivity contribution in [1.82, 2.24) is 9.78 Å². The Hall–Kier alpha value is -2.41. The molecule has 1 amide bonds. The van der Waals surface area contributed by atoms with Gasteiger partial charge in [-0.25, -0.2) is 4.39 Å². The van der Waals surface area contributed by atoms with E-state index in [1.807, 2.05) is 6.92 Å². The van der Waals surface area contributed by atoms with Crippen LogP contribution in [0.25, 0.3) is 0 Å². The second-order valence-electron chi connectivity index (χ2n) is 5.67. The van der Waals surface area contributed by atoms with Gasteiger partial charge in [0.15, 0.2) is 6.10 Å². The molecule has 1 atom stereocenters. The molecule has 0 bridgehead atoms. The number of benzene rings is 1. The SMILES string of the molecule is Cc1nn(C)c(C)c1NC(=O)C(C)OC(=O)Cc1c(F)cccc1Cl. The van der Waals surface area contributed by atoms with Crippen molar-refractivity contribution in [1.29, 1.82) is 0 Å². The normalized spacial score (nSPS) is 11.9. The zero-order valence-electron chi connectivity index (χ0n) is 14.4. The minimum absolute atomic E-state index is 0.0423. The van der Waals surface area contributed by atoms with Gasteiger partial charge in [0.2, 0.25) is 0 Å². The molecule has 0 aliphatic rings. The number of aryl methyl sites for hydroxylation is 2. The Labute approximate surface area is 149 Å². The van der Waals surface area contributed by atoms with Gasteiger partial charge in [-0.1, -0.05) is 17.7 Å². The van der Waals surface area contributed by atoms with Crippen molar-refractivity contribution in [2.45, 2.75) is 33.3 Å². The highest BCUT2D eigenvalue weighted by Gasteiger charge is 2.22. The topological polar surface area (TPSA) is 73.2 Å². The summed E-state index contributed by atoms with van der Waals surface area (Å²) in [6.45, 7) is 5.02. The first-order chi connectivity index (χ1) is 11.7. The maximum Gasteiger partial charge on any atom is 0.311 e. The van der Waals surface area contributed by atoms with Crippen molar-refractivity contribution < 1.29 is 18.7 Å². The Balaban J connectivity index is 2.00. The third-order valence-electron chi connectivity index (χ3n) is 3.82. The maximum absolute atomic E-state index is 13.7. The third kappa shape index (κ3) is 4.36. The van der Waals surface area contributed by atoms with Gasteiger partial charge in [0, 0.05) is 17.6 Å². The van der Waals surface area contributed by atoms with Crippen LogP contribution < -0.4 is 5.32 Å². The summed E-state index contributed by atoms with van der Waals surface area (Å²) in [6.07, 6.45) is -1.40. The van der Waals surface area contributed by atoms with Crippen LogP contribution in [-0.4, -0.2) is 27.8 Å². The van der Waals surface area contributed by atoms with E-state index in [2.05, 4.69) is 10.4 Å². The Morgan fingerprint density at radius 1 is 1.40 bits per heavy atom. The average molecular weight is 368 g/mol. The fourth-order valence-corrected chi connectivity index (χ4v) is 2.55. The van der Waals surface area contributed by atoms with Crippen LogP contribution in [0.15, 0.2) is 18.2 Å². The number of ether oxygens (including phenoxy) is 1. The number of hydrogen-bond acceptors (Lipinski definition) is 4. The predicted octanol–water partition coefficient (Wildman–Crippen LogP) is 2.94. The van der Waals surface area contributed by atoms with E-state index in [1.54, 1.807) is 18.7 Å². The van der Waals surface area contributed by atoms with Crippen LogP contribution in [-0.2, 0) is 27.8 Å². The van der Waals surface area contributed by atoms with Crippen molar-refractivity contribution in [2.75, 3.05) is 5.32 Å². The lowest BCUT2D eigenvalue weighted by atomic mass is 10.1. The molecule has 1 aromatic heterocycles. The molecule has 0 saturated heterocycles. The lowest BCUT2D eigenvalue weighted by molar-refractivity contribution is -0.152. The number of esters is 1. The number of rotatable bonds is 5. The zero-order valence-corrected chi connectivity index (χ0v) is 15.1. The summed E-state index contributed by atoms with van der Waals surface area (Å²) in [5.41, 5.74) is 2.06. The monoisotopic (exact) mass is 367 g/mol. The van der Waals surface area contributed by atoms with Gasteiger partial charge in [0.25, 0.3) is 5.91 Å². The second kappa shape index (κ2) is 7.65. The molecule has 2 aromatic rings. The quantitative estimate of drug-likeness (QED) is 0.824. The molecule has 1 N–H and O–H groups in total. The second-order valence-corrected chi connectivity index (χ2v) is 6.07. The van der Waals surface area contributed by atoms with Crippen LogP contribution in [0.4, 0.5) is 10.1 Å². The fourth-order valence-electron chi connectivity index (χ4n) is 2.32. The summed E-state index contributed by atoms with van der Waals surface area (Å²) < 4.78 is 20.4. The van der Waals surface area contributed by atoms with Crippen LogP contribution in [0.3, 0.4) is 0 Å². The molecule has 1 unspecified atom stereocenters. The minimum Gasteiger partial charge on any atom is -0.452 e. The molecule has 25 heavy (non-hydrogen) atoms. The molecule has 0 spiro atoms. The third-order valence-corrected chi connectivity index (χ3v) is 4.17. The average Bonchev–Trinajstić information content (AvgIpc) is 2.77. The molecule has 6 nitrogen and oxygen atoms in total. The van der Waals surface area contributed by atoms with Gasteiger partial charge in [-0.2, -0.15) is 5.10 Å². The highest BCUT2D eigenvalue weighted by molar-refractivity contribution is 6.31. The number of nitrogens with one attached hydrogen (secondary N) is 1. The molecule has 0 aliphatic carbocycles. The van der Waals surface area contributed by atoms with Crippen LogP contribution in [0.2, 0.25) is 5.02 Å². The summed E-state index contributed by atoms with van der Waals surface area (Å²) in [5.74, 6) is -1.83. The molecular formula is C17H19ClFN3O3. The molecule has 0 saturated carbocycles. The van der Waals surface area contributed by atoms with E-state index in [4.69, 9.17) is 16.3 Å². The Morgan fingerprint density at radius 3 is 2.64 bits per heavy atom. The number of nitrogens with zero attached hydrogens (tertiary/aromatic N) is 2. The molecule has 0 aliphatic heterocycles. The van der Waals surface area contributed by atoms with Crippen LogP contribution in [0.1, 0.15) is 23.9 Å². The predicted molar refractivity (Wildman–Crippen MR) is 92.0 cm³/mol. The molecule has 8 heteroatoms. The standard InChI is InChI=1S/C17H19ClFN3O3/c1-9-16(10(2)22(4)21-9)20-17(24)11(3)25-15(23)8-12-13(18)6-5-7-14(12)19/h5-7,11H,8H2,1-4H3,(H,20,24). The summed E-state index contributed by atoms with van der Waals surface area (Å²) >= 11 is 5.88. The van der Waals surface area contributed by atoms with Gasteiger partial charge in [-0.15, -0.1) is 0 Å². The van der Waals surface area contributed by atoms with Gasteiger partial charge in [0.1, 0.15) is 5.82 Å². The number of hydrogen-bond donors (Lipinski definition) is 1. The number of anilines is 1. The highest BCUT2D eigenvalue weighted by atomic mass is 35.5. The highest BCUT2D eigenvalue weighted by Crippen LogP contribution is 2.21. The van der Waals surface area contributed by atoms with Crippen LogP contribution in [0, 0.1) is 19.7 Å². The molecule has 2 rings (SSSR count). The van der Waals surface area contributed by atoms with Crippen LogP contribution >= 0.6 is 11.6 Å². The number of aromatic nitrogens is 2. The zero-order chi connectivity index (χ0) is 18.7. The van der Waals surface area contributed by atoms with Gasteiger partial charge >= 0.3 is 5.97 Å². The first kappa shape index (κ1) is 18.9. The van der Waals surface area contributed by atoms with Gasteiger partial charge in [-0.05, 0) is 32.9 Å². The molecule has 1 heterocycles. The number of halogens is 2. The van der Waals surface area contributed by atoms with Gasteiger partial charge in [0.05, 0.1) is 23.5 Å². The Bertz CT molecular complexity index is 799. The molecule has 0 radical (unpaired) electrons. The summed E-state index contributed by atoms with van der Waals surface area (Å²) in [7, 11) is 1.76. The van der Waals surface area contributed by atoms with Crippen molar-refractivity contribution in [3.05, 3.63) is 46.0 Å². The summed E-state index contributed by atoms with van der Waals surface area (Å²) in [5, 5.41) is 7.02. The lowest BCUT2D eigenvalue weighted by Crippen LogP contribution is -2.31. The number of carbonyl (C=O) groups is 2. The minimum atomic E-state index is -1.04. The smallest absolute Gasteiger partial charge is 0.311 e. The molecule has 0 fully saturated rings. The van der Waals surface area contributed by atoms with E-state index in [-0.39, 0.29) is 17.0 Å². The van der Waals surface area contributed by atoms with E-state index in [1.165, 1.54) is 25.1 Å². The largest absolute Gasteiger partial charge is 0.452 e. The fraction of sp³-hybridized carbons (Fsp3) is 0.353. The van der Waals surface area contributed by atoms with Gasteiger partial charge in [-0.3, -0.25) is 14.3 Å². The van der Waals surface area contributed by atoms with E-state index in [0.29, 0.717) is 11.4 Å². The first-order valence-electron chi connectivity index (χ1n) is 7.64. The van der Waals surface area contributed by atoms with E-state index >= 15 is 0 Å². The van der Waals surface area contributed by atoms with E-state index < -0.39 is 23.8 Å². The lowest BCUT2D eigenvalue weighted by Gasteiger charge is -2.14. The Kier molecular flexibility index (Phi) is 5.79. The van der Waals surface area contributed by atoms with Gasteiger partial charge < -0.3 is 10.1 Å². The summed E-state index contributed by atoms with van der Waals surface area (Å²) in [6, 6.07) is 4.14. The number of amides is 1. The summed E-state index contributed by atoms with van der Waals surface area (Å²) in [4.78, 5) is 24.2.